The number of likely N-dealkylation sites (tertiary alicyclic amines) is 1. The Hall–Kier alpha value is -2.37. The number of piperidine rings is 1. The van der Waals surface area contributed by atoms with E-state index in [9.17, 15) is 4.79 Å². The lowest BCUT2D eigenvalue weighted by Crippen LogP contribution is -2.35. The average Bonchev–Trinajstić information content (AvgIpc) is 3.22. The number of halogens is 1. The third-order valence-corrected chi connectivity index (χ3v) is 7.42. The van der Waals surface area contributed by atoms with E-state index in [1.54, 1.807) is 0 Å². The molecule has 3 aromatic rings. The summed E-state index contributed by atoms with van der Waals surface area (Å²) in [5.41, 5.74) is 3.42. The van der Waals surface area contributed by atoms with Gasteiger partial charge in [-0.15, -0.1) is 0 Å². The van der Waals surface area contributed by atoms with Crippen molar-refractivity contribution in [3.8, 4) is 5.75 Å². The molecule has 0 atom stereocenters. The van der Waals surface area contributed by atoms with Gasteiger partial charge >= 0.3 is 0 Å². The van der Waals surface area contributed by atoms with Crippen LogP contribution >= 0.6 is 11.6 Å². The van der Waals surface area contributed by atoms with Gasteiger partial charge in [0.05, 0.1) is 11.0 Å². The van der Waals surface area contributed by atoms with Gasteiger partial charge in [0, 0.05) is 24.4 Å². The number of nitrogens with zero attached hydrogens (tertiary/aromatic N) is 3. The van der Waals surface area contributed by atoms with Crippen LogP contribution in [0.5, 0.6) is 5.75 Å². The summed E-state index contributed by atoms with van der Waals surface area (Å²) >= 11 is 6.00. The number of benzene rings is 2. The molecule has 4 rings (SSSR count). The lowest BCUT2D eigenvalue weighted by molar-refractivity contribution is -0.119. The number of ether oxygens (including phenoxy) is 1. The summed E-state index contributed by atoms with van der Waals surface area (Å²) in [5, 5.41) is 0.703. The molecule has 0 amide bonds. The fourth-order valence-corrected chi connectivity index (χ4v) is 5.22. The molecule has 0 aliphatic carbocycles. The van der Waals surface area contributed by atoms with Gasteiger partial charge in [-0.05, 0) is 100 Å². The monoisotopic (exact) mass is 495 g/mol. The van der Waals surface area contributed by atoms with E-state index in [0.717, 1.165) is 75.4 Å². The normalized spacial score (nSPS) is 15.1. The van der Waals surface area contributed by atoms with Crippen LogP contribution in [0.15, 0.2) is 42.5 Å². The van der Waals surface area contributed by atoms with Gasteiger partial charge in [-0.2, -0.15) is 0 Å². The van der Waals surface area contributed by atoms with Crippen LogP contribution in [0, 0.1) is 12.8 Å². The van der Waals surface area contributed by atoms with E-state index < -0.39 is 0 Å². The molecule has 1 fully saturated rings. The molecule has 2 heterocycles. The second-order valence-electron chi connectivity index (χ2n) is 9.83. The Labute approximate surface area is 214 Å². The Morgan fingerprint density at radius 1 is 1.09 bits per heavy atom. The summed E-state index contributed by atoms with van der Waals surface area (Å²) in [6.45, 7) is 8.92. The number of hydrogen-bond acceptors (Lipinski definition) is 4. The molecule has 1 saturated heterocycles. The highest BCUT2D eigenvalue weighted by atomic mass is 35.5. The molecule has 35 heavy (non-hydrogen) atoms. The third kappa shape index (κ3) is 7.08. The molecule has 1 aliphatic rings. The third-order valence-electron chi connectivity index (χ3n) is 7.16. The second kappa shape index (κ2) is 12.5. The van der Waals surface area contributed by atoms with Crippen molar-refractivity contribution in [2.45, 2.75) is 71.9 Å². The van der Waals surface area contributed by atoms with E-state index in [2.05, 4.69) is 41.5 Å². The molecule has 0 bridgehead atoms. The quantitative estimate of drug-likeness (QED) is 0.276. The van der Waals surface area contributed by atoms with Gasteiger partial charge in [0.25, 0.3) is 0 Å². The van der Waals surface area contributed by atoms with Gasteiger partial charge in [-0.1, -0.05) is 30.7 Å². The van der Waals surface area contributed by atoms with Crippen LogP contribution in [0.25, 0.3) is 11.0 Å². The van der Waals surface area contributed by atoms with Crippen LogP contribution in [0.4, 0.5) is 0 Å². The summed E-state index contributed by atoms with van der Waals surface area (Å²) < 4.78 is 8.37. The fourth-order valence-electron chi connectivity index (χ4n) is 5.09. The zero-order valence-corrected chi connectivity index (χ0v) is 21.9. The number of aryl methyl sites for hydroxylation is 2. The number of fused-ring (bicyclic) bond motifs is 1. The van der Waals surface area contributed by atoms with Crippen LogP contribution < -0.4 is 4.74 Å². The predicted molar refractivity (Wildman–Crippen MR) is 143 cm³/mol. The van der Waals surface area contributed by atoms with Crippen LogP contribution in [0.2, 0.25) is 5.02 Å². The van der Waals surface area contributed by atoms with Crippen LogP contribution in [0.3, 0.4) is 0 Å². The number of aromatic nitrogens is 2. The summed E-state index contributed by atoms with van der Waals surface area (Å²) in [5.74, 6) is 2.90. The van der Waals surface area contributed by atoms with Crippen LogP contribution in [-0.4, -0.2) is 39.9 Å². The predicted octanol–water partition coefficient (Wildman–Crippen LogP) is 6.83. The maximum absolute atomic E-state index is 11.9. The minimum Gasteiger partial charge on any atom is -0.486 e. The highest BCUT2D eigenvalue weighted by Crippen LogP contribution is 2.24. The van der Waals surface area contributed by atoms with Gasteiger partial charge in [0.2, 0.25) is 0 Å². The SMILES string of the molecule is CCCC(=O)CCC1CCN(CCCn2c(COc3ccc(Cl)cc3)nc3c(C)cccc32)CC1. The van der Waals surface area contributed by atoms with Crippen molar-refractivity contribution in [1.29, 1.82) is 0 Å². The fraction of sp³-hybridized carbons (Fsp3) is 0.517. The number of hydrogen-bond donors (Lipinski definition) is 0. The van der Waals surface area contributed by atoms with Gasteiger partial charge < -0.3 is 14.2 Å². The number of carbonyl (C=O) groups is 1. The molecule has 0 radical (unpaired) electrons. The Morgan fingerprint density at radius 3 is 2.60 bits per heavy atom. The Bertz CT molecular complexity index is 1100. The lowest BCUT2D eigenvalue weighted by atomic mass is 9.91. The molecule has 0 spiro atoms. The van der Waals surface area contributed by atoms with E-state index >= 15 is 0 Å². The maximum Gasteiger partial charge on any atom is 0.148 e. The molecule has 0 saturated carbocycles. The van der Waals surface area contributed by atoms with Crippen molar-refractivity contribution < 1.29 is 9.53 Å². The molecule has 1 aromatic heterocycles. The first-order valence-electron chi connectivity index (χ1n) is 13.1. The van der Waals surface area contributed by atoms with E-state index in [1.807, 2.05) is 24.3 Å². The highest BCUT2D eigenvalue weighted by molar-refractivity contribution is 6.30. The van der Waals surface area contributed by atoms with E-state index in [1.165, 1.54) is 23.9 Å². The highest BCUT2D eigenvalue weighted by Gasteiger charge is 2.20. The first kappa shape index (κ1) is 25.7. The Kier molecular flexibility index (Phi) is 9.22. The molecule has 5 nitrogen and oxygen atoms in total. The average molecular weight is 496 g/mol. The summed E-state index contributed by atoms with van der Waals surface area (Å²) in [6, 6.07) is 13.9. The number of rotatable bonds is 12. The lowest BCUT2D eigenvalue weighted by Gasteiger charge is -2.32. The largest absolute Gasteiger partial charge is 0.486 e. The zero-order valence-electron chi connectivity index (χ0n) is 21.1. The molecular formula is C29H38ClN3O2. The van der Waals surface area contributed by atoms with Crippen molar-refractivity contribution in [2.75, 3.05) is 19.6 Å². The molecule has 188 valence electrons. The first-order chi connectivity index (χ1) is 17.0. The molecular weight excluding hydrogens is 458 g/mol. The number of carbonyl (C=O) groups excluding carboxylic acids is 1. The summed E-state index contributed by atoms with van der Waals surface area (Å²) in [6.07, 6.45) is 7.06. The maximum atomic E-state index is 11.9. The molecule has 0 unspecified atom stereocenters. The van der Waals surface area contributed by atoms with Gasteiger partial charge in [0.1, 0.15) is 24.0 Å². The topological polar surface area (TPSA) is 47.4 Å². The molecule has 6 heteroatoms. The zero-order chi connectivity index (χ0) is 24.6. The number of ketones is 1. The standard InChI is InChI=1S/C29H38ClN3O2/c1-3-6-25(34)12-9-23-15-19-32(20-16-23)17-5-18-33-27-8-4-7-22(2)29(27)31-28(33)21-35-26-13-10-24(30)11-14-26/h4,7-8,10-11,13-14,23H,3,5-6,9,12,15-21H2,1-2H3. The Morgan fingerprint density at radius 2 is 1.86 bits per heavy atom. The molecule has 1 aliphatic heterocycles. The number of imidazole rings is 1. The number of para-hydroxylation sites is 1. The van der Waals surface area contributed by atoms with Gasteiger partial charge in [-0.25, -0.2) is 4.98 Å². The molecule has 2 aromatic carbocycles. The van der Waals surface area contributed by atoms with E-state index in [-0.39, 0.29) is 0 Å². The van der Waals surface area contributed by atoms with Crippen molar-refractivity contribution in [1.82, 2.24) is 14.5 Å². The summed E-state index contributed by atoms with van der Waals surface area (Å²) in [7, 11) is 0. The number of Topliss-reactive ketones (excluding diaryl/α,β-unsaturated/α-hetero) is 1. The Balaban J connectivity index is 1.31. The smallest absolute Gasteiger partial charge is 0.148 e. The first-order valence-corrected chi connectivity index (χ1v) is 13.5. The second-order valence-corrected chi connectivity index (χ2v) is 10.3. The summed E-state index contributed by atoms with van der Waals surface area (Å²) in [4.78, 5) is 19.4. The van der Waals surface area contributed by atoms with Gasteiger partial charge in [-0.3, -0.25) is 4.79 Å². The van der Waals surface area contributed by atoms with Crippen molar-refractivity contribution >= 4 is 28.4 Å². The van der Waals surface area contributed by atoms with Crippen LogP contribution in [0.1, 0.15) is 63.3 Å². The van der Waals surface area contributed by atoms with E-state index in [4.69, 9.17) is 21.3 Å². The van der Waals surface area contributed by atoms with Crippen LogP contribution in [-0.2, 0) is 17.9 Å². The van der Waals surface area contributed by atoms with Crippen molar-refractivity contribution in [3.05, 3.63) is 58.9 Å². The minimum absolute atomic E-state index is 0.428. The van der Waals surface area contributed by atoms with Crippen molar-refractivity contribution in [2.24, 2.45) is 5.92 Å². The van der Waals surface area contributed by atoms with Crippen molar-refractivity contribution in [3.63, 3.8) is 0 Å². The molecule has 0 N–H and O–H groups in total. The minimum atomic E-state index is 0.428. The van der Waals surface area contributed by atoms with E-state index in [0.29, 0.717) is 23.3 Å². The van der Waals surface area contributed by atoms with Gasteiger partial charge in [0.15, 0.2) is 0 Å².